The van der Waals surface area contributed by atoms with Crippen molar-refractivity contribution in [1.29, 1.82) is 0 Å². The number of hydrogen-bond acceptors (Lipinski definition) is 6. The van der Waals surface area contributed by atoms with Crippen LogP contribution in [0.5, 0.6) is 0 Å². The van der Waals surface area contributed by atoms with Crippen LogP contribution >= 0.6 is 11.8 Å². The second kappa shape index (κ2) is 4.99. The third-order valence-electron chi connectivity index (χ3n) is 2.22. The number of carbonyl (C=O) groups excluding carboxylic acids is 1. The van der Waals surface area contributed by atoms with Crippen molar-refractivity contribution in [2.24, 2.45) is 0 Å². The molecule has 0 bridgehead atoms. The van der Waals surface area contributed by atoms with Gasteiger partial charge in [-0.2, -0.15) is 5.21 Å². The fourth-order valence-electron chi connectivity index (χ4n) is 1.36. The number of hydrogen-bond donors (Lipinski definition) is 3. The molecule has 1 aliphatic rings. The van der Waals surface area contributed by atoms with Crippen LogP contribution in [-0.2, 0) is 11.3 Å². The van der Waals surface area contributed by atoms with Crippen molar-refractivity contribution < 1.29 is 14.7 Å². The third kappa shape index (κ3) is 2.64. The van der Waals surface area contributed by atoms with Crippen LogP contribution in [0.4, 0.5) is 4.79 Å². The SMILES string of the molecule is O=C(O)C1CSCN1C(=O)NCc1nn[nH]n1. The van der Waals surface area contributed by atoms with Gasteiger partial charge < -0.3 is 15.3 Å². The Labute approximate surface area is 99.9 Å². The lowest BCUT2D eigenvalue weighted by atomic mass is 10.3. The van der Waals surface area contributed by atoms with Gasteiger partial charge in [-0.25, -0.2) is 9.59 Å². The minimum atomic E-state index is -0.996. The molecular weight excluding hydrogens is 248 g/mol. The zero-order chi connectivity index (χ0) is 12.3. The molecule has 2 rings (SSSR count). The smallest absolute Gasteiger partial charge is 0.327 e. The van der Waals surface area contributed by atoms with E-state index in [9.17, 15) is 9.59 Å². The van der Waals surface area contributed by atoms with Gasteiger partial charge >= 0.3 is 12.0 Å². The van der Waals surface area contributed by atoms with Crippen molar-refractivity contribution in [3.05, 3.63) is 5.82 Å². The summed E-state index contributed by atoms with van der Waals surface area (Å²) in [5, 5.41) is 24.4. The molecular formula is C7H10N6O3S. The molecule has 0 saturated carbocycles. The van der Waals surface area contributed by atoms with E-state index in [0.717, 1.165) is 0 Å². The Kier molecular flexibility index (Phi) is 3.42. The van der Waals surface area contributed by atoms with Crippen LogP contribution in [0.25, 0.3) is 0 Å². The van der Waals surface area contributed by atoms with E-state index < -0.39 is 18.0 Å². The molecule has 9 nitrogen and oxygen atoms in total. The van der Waals surface area contributed by atoms with Gasteiger partial charge in [-0.15, -0.1) is 22.0 Å². The second-order valence-electron chi connectivity index (χ2n) is 3.31. The van der Waals surface area contributed by atoms with Gasteiger partial charge in [0.15, 0.2) is 5.82 Å². The summed E-state index contributed by atoms with van der Waals surface area (Å²) in [6.07, 6.45) is 0. The highest BCUT2D eigenvalue weighted by Crippen LogP contribution is 2.20. The van der Waals surface area contributed by atoms with Crippen LogP contribution in [0.2, 0.25) is 0 Å². The molecule has 3 N–H and O–H groups in total. The zero-order valence-electron chi connectivity index (χ0n) is 8.66. The molecule has 1 saturated heterocycles. The molecule has 1 atom stereocenters. The van der Waals surface area contributed by atoms with Gasteiger partial charge in [0, 0.05) is 5.75 Å². The largest absolute Gasteiger partial charge is 0.480 e. The monoisotopic (exact) mass is 258 g/mol. The third-order valence-corrected chi connectivity index (χ3v) is 3.23. The highest BCUT2D eigenvalue weighted by Gasteiger charge is 2.34. The first-order valence-electron chi connectivity index (χ1n) is 4.76. The lowest BCUT2D eigenvalue weighted by Gasteiger charge is -2.20. The topological polar surface area (TPSA) is 124 Å². The van der Waals surface area contributed by atoms with Crippen molar-refractivity contribution in [1.82, 2.24) is 30.8 Å². The predicted octanol–water partition coefficient (Wildman–Crippen LogP) is -1.13. The highest BCUT2D eigenvalue weighted by molar-refractivity contribution is 7.99. The Morgan fingerprint density at radius 1 is 1.65 bits per heavy atom. The minimum Gasteiger partial charge on any atom is -0.480 e. The maximum atomic E-state index is 11.7. The maximum Gasteiger partial charge on any atom is 0.327 e. The normalized spacial score (nSPS) is 19.3. The van der Waals surface area contributed by atoms with E-state index in [-0.39, 0.29) is 6.54 Å². The number of nitrogens with zero attached hydrogens (tertiary/aromatic N) is 4. The van der Waals surface area contributed by atoms with Crippen molar-refractivity contribution in [3.8, 4) is 0 Å². The number of tetrazole rings is 1. The van der Waals surface area contributed by atoms with E-state index >= 15 is 0 Å². The number of carboxylic acid groups (broad SMARTS) is 1. The summed E-state index contributed by atoms with van der Waals surface area (Å²) < 4.78 is 0. The summed E-state index contributed by atoms with van der Waals surface area (Å²) in [6, 6.07) is -1.21. The van der Waals surface area contributed by atoms with E-state index in [2.05, 4.69) is 25.9 Å². The first kappa shape index (κ1) is 11.6. The van der Waals surface area contributed by atoms with Gasteiger partial charge in [0.2, 0.25) is 0 Å². The summed E-state index contributed by atoms with van der Waals surface area (Å²) >= 11 is 1.40. The number of carbonyl (C=O) groups is 2. The number of carboxylic acids is 1. The molecule has 1 fully saturated rings. The van der Waals surface area contributed by atoms with E-state index in [0.29, 0.717) is 17.5 Å². The van der Waals surface area contributed by atoms with E-state index in [1.165, 1.54) is 16.7 Å². The molecule has 2 amide bonds. The Balaban J connectivity index is 1.89. The molecule has 0 aliphatic carbocycles. The molecule has 17 heavy (non-hydrogen) atoms. The van der Waals surface area contributed by atoms with E-state index in [1.807, 2.05) is 0 Å². The molecule has 92 valence electrons. The first-order valence-corrected chi connectivity index (χ1v) is 5.91. The molecule has 1 aromatic heterocycles. The van der Waals surface area contributed by atoms with Gasteiger partial charge in [-0.3, -0.25) is 0 Å². The first-order chi connectivity index (χ1) is 8.18. The van der Waals surface area contributed by atoms with Gasteiger partial charge in [0.25, 0.3) is 0 Å². The summed E-state index contributed by atoms with van der Waals surface area (Å²) in [4.78, 5) is 23.9. The van der Waals surface area contributed by atoms with Gasteiger partial charge in [0.1, 0.15) is 6.04 Å². The van der Waals surface area contributed by atoms with Crippen molar-refractivity contribution >= 4 is 23.8 Å². The van der Waals surface area contributed by atoms with E-state index in [4.69, 9.17) is 5.11 Å². The average molecular weight is 258 g/mol. The summed E-state index contributed by atoms with van der Waals surface area (Å²) in [6.45, 7) is 0.114. The molecule has 1 aromatic rings. The lowest BCUT2D eigenvalue weighted by molar-refractivity contribution is -0.140. The van der Waals surface area contributed by atoms with Gasteiger partial charge in [-0.1, -0.05) is 5.21 Å². The number of aromatic nitrogens is 4. The van der Waals surface area contributed by atoms with Crippen LogP contribution < -0.4 is 5.32 Å². The summed E-state index contributed by atoms with van der Waals surface area (Å²) in [7, 11) is 0. The van der Waals surface area contributed by atoms with Gasteiger partial charge in [-0.05, 0) is 0 Å². The number of nitrogens with one attached hydrogen (secondary N) is 2. The average Bonchev–Trinajstić information content (AvgIpc) is 2.96. The molecule has 0 radical (unpaired) electrons. The quantitative estimate of drug-likeness (QED) is 0.626. The fourth-order valence-corrected chi connectivity index (χ4v) is 2.51. The van der Waals surface area contributed by atoms with Crippen LogP contribution in [-0.4, -0.2) is 60.3 Å². The number of urea groups is 1. The van der Waals surface area contributed by atoms with Crippen molar-refractivity contribution in [3.63, 3.8) is 0 Å². The predicted molar refractivity (Wildman–Crippen MR) is 57.0 cm³/mol. The number of thioether (sulfide) groups is 1. The Morgan fingerprint density at radius 2 is 2.47 bits per heavy atom. The molecule has 0 aromatic carbocycles. The Hall–Kier alpha value is -1.84. The number of aliphatic carboxylic acids is 1. The van der Waals surface area contributed by atoms with Crippen LogP contribution in [0.15, 0.2) is 0 Å². The van der Waals surface area contributed by atoms with Crippen LogP contribution in [0.3, 0.4) is 0 Å². The van der Waals surface area contributed by atoms with Crippen LogP contribution in [0, 0.1) is 0 Å². The summed E-state index contributed by atoms with van der Waals surface area (Å²) in [5.41, 5.74) is 0. The van der Waals surface area contributed by atoms with Crippen molar-refractivity contribution in [2.75, 3.05) is 11.6 Å². The number of amides is 2. The second-order valence-corrected chi connectivity index (χ2v) is 4.31. The highest BCUT2D eigenvalue weighted by atomic mass is 32.2. The number of H-pyrrole nitrogens is 1. The van der Waals surface area contributed by atoms with Gasteiger partial charge in [0.05, 0.1) is 12.4 Å². The molecule has 1 aliphatic heterocycles. The van der Waals surface area contributed by atoms with Crippen LogP contribution in [0.1, 0.15) is 5.82 Å². The Bertz CT molecular complexity index is 410. The lowest BCUT2D eigenvalue weighted by Crippen LogP contribution is -2.46. The van der Waals surface area contributed by atoms with E-state index in [1.54, 1.807) is 0 Å². The minimum absolute atomic E-state index is 0.114. The maximum absolute atomic E-state index is 11.7. The Morgan fingerprint density at radius 3 is 3.12 bits per heavy atom. The molecule has 10 heteroatoms. The fraction of sp³-hybridized carbons (Fsp3) is 0.571. The number of aromatic amines is 1. The summed E-state index contributed by atoms with van der Waals surface area (Å²) in [5.74, 6) is 0.127. The molecule has 0 spiro atoms. The van der Waals surface area contributed by atoms with Crippen molar-refractivity contribution in [2.45, 2.75) is 12.6 Å². The number of rotatable bonds is 3. The standard InChI is InChI=1S/C7H10N6O3S/c14-6(15)4-2-17-3-13(4)7(16)8-1-5-9-11-12-10-5/h4H,1-3H2,(H,8,16)(H,14,15)(H,9,10,11,12). The molecule has 2 heterocycles. The molecule has 1 unspecified atom stereocenters. The zero-order valence-corrected chi connectivity index (χ0v) is 9.48.